The van der Waals surface area contributed by atoms with Gasteiger partial charge in [0.15, 0.2) is 0 Å². The summed E-state index contributed by atoms with van der Waals surface area (Å²) in [5, 5.41) is 11.5. The molecule has 1 saturated heterocycles. The van der Waals surface area contributed by atoms with Gasteiger partial charge in [0.25, 0.3) is 0 Å². The predicted molar refractivity (Wildman–Crippen MR) is 100 cm³/mol. The van der Waals surface area contributed by atoms with Crippen molar-refractivity contribution < 1.29 is 32.5 Å². The number of aliphatic carboxylic acids is 1. The summed E-state index contributed by atoms with van der Waals surface area (Å²) in [6.45, 7) is 9.15. The van der Waals surface area contributed by atoms with Crippen molar-refractivity contribution in [2.24, 2.45) is 5.92 Å². The van der Waals surface area contributed by atoms with Crippen molar-refractivity contribution in [3.8, 4) is 0 Å². The Morgan fingerprint density at radius 1 is 1.54 bits per heavy atom. The lowest BCUT2D eigenvalue weighted by molar-refractivity contribution is -0.192. The van der Waals surface area contributed by atoms with Gasteiger partial charge in [-0.25, -0.2) is 4.79 Å². The molecule has 3 rings (SSSR count). The molecule has 0 radical (unpaired) electrons. The summed E-state index contributed by atoms with van der Waals surface area (Å²) in [4.78, 5) is 11.4. The van der Waals surface area contributed by atoms with Crippen LogP contribution in [-0.4, -0.2) is 60.7 Å². The van der Waals surface area contributed by atoms with Crippen LogP contribution in [0.5, 0.6) is 0 Å². The fourth-order valence-corrected chi connectivity index (χ4v) is 4.36. The molecular formula is C19H26F3NO4S. The monoisotopic (exact) mass is 421 g/mol. The lowest BCUT2D eigenvalue weighted by Gasteiger charge is -2.44. The molecule has 28 heavy (non-hydrogen) atoms. The number of alkyl halides is 3. The highest BCUT2D eigenvalue weighted by Gasteiger charge is 2.46. The Labute approximate surface area is 166 Å². The molecule has 158 valence electrons. The summed E-state index contributed by atoms with van der Waals surface area (Å²) in [6, 6.07) is 2.23. The predicted octanol–water partition coefficient (Wildman–Crippen LogP) is 3.96. The Kier molecular flexibility index (Phi) is 8.48. The first-order valence-electron chi connectivity index (χ1n) is 9.13. The van der Waals surface area contributed by atoms with E-state index in [1.165, 1.54) is 24.8 Å². The van der Waals surface area contributed by atoms with Crippen LogP contribution in [0.4, 0.5) is 13.2 Å². The van der Waals surface area contributed by atoms with Gasteiger partial charge in [0.05, 0.1) is 25.4 Å². The normalized spacial score (nSPS) is 25.3. The van der Waals surface area contributed by atoms with Crippen LogP contribution in [-0.2, 0) is 20.8 Å². The Hall–Kier alpha value is -1.42. The molecule has 1 aromatic heterocycles. The summed E-state index contributed by atoms with van der Waals surface area (Å²) < 4.78 is 43.7. The third-order valence-electron chi connectivity index (χ3n) is 4.97. The van der Waals surface area contributed by atoms with Crippen molar-refractivity contribution in [3.05, 3.63) is 35.0 Å². The summed E-state index contributed by atoms with van der Waals surface area (Å²) in [5.74, 6) is -2.23. The molecule has 1 aliphatic heterocycles. The van der Waals surface area contributed by atoms with E-state index >= 15 is 0 Å². The zero-order chi connectivity index (χ0) is 20.6. The minimum Gasteiger partial charge on any atom is -0.475 e. The number of hydrogen-bond acceptors (Lipinski definition) is 5. The van der Waals surface area contributed by atoms with Gasteiger partial charge < -0.3 is 14.6 Å². The van der Waals surface area contributed by atoms with E-state index in [0.29, 0.717) is 12.5 Å². The van der Waals surface area contributed by atoms with Crippen LogP contribution in [0.3, 0.4) is 0 Å². The molecule has 1 aliphatic carbocycles. The molecule has 0 bridgehead atoms. The SMILES string of the molecule is C=CCOC[C@@H]1CCC[C@@]12CN(Cc1ccsc1)CCO2.O=C(O)C(F)(F)F. The fraction of sp³-hybridized carbons (Fsp3) is 0.632. The van der Waals surface area contributed by atoms with Crippen LogP contribution in [0.25, 0.3) is 0 Å². The highest BCUT2D eigenvalue weighted by atomic mass is 32.1. The van der Waals surface area contributed by atoms with Crippen LogP contribution in [0.2, 0.25) is 0 Å². The fourth-order valence-electron chi connectivity index (χ4n) is 3.70. The molecule has 0 unspecified atom stereocenters. The molecule has 0 amide bonds. The van der Waals surface area contributed by atoms with Crippen LogP contribution < -0.4 is 0 Å². The maximum absolute atomic E-state index is 10.6. The first-order chi connectivity index (χ1) is 13.3. The Balaban J connectivity index is 0.000000345. The van der Waals surface area contributed by atoms with Crippen LogP contribution in [0.15, 0.2) is 29.5 Å². The molecule has 5 nitrogen and oxygen atoms in total. The molecule has 0 aromatic carbocycles. The van der Waals surface area contributed by atoms with E-state index in [1.807, 2.05) is 6.08 Å². The highest BCUT2D eigenvalue weighted by molar-refractivity contribution is 7.07. The van der Waals surface area contributed by atoms with Gasteiger partial charge in [-0.15, -0.1) is 6.58 Å². The van der Waals surface area contributed by atoms with Gasteiger partial charge in [0.1, 0.15) is 0 Å². The van der Waals surface area contributed by atoms with Gasteiger partial charge in [-0.3, -0.25) is 4.90 Å². The van der Waals surface area contributed by atoms with Crippen molar-refractivity contribution >= 4 is 17.3 Å². The molecule has 2 aliphatic rings. The average Bonchev–Trinajstić information content (AvgIpc) is 3.26. The van der Waals surface area contributed by atoms with Gasteiger partial charge >= 0.3 is 12.1 Å². The number of thiophene rings is 1. The quantitative estimate of drug-likeness (QED) is 0.557. The van der Waals surface area contributed by atoms with Crippen molar-refractivity contribution in [3.63, 3.8) is 0 Å². The molecule has 1 N–H and O–H groups in total. The van der Waals surface area contributed by atoms with E-state index < -0.39 is 12.1 Å². The van der Waals surface area contributed by atoms with Gasteiger partial charge in [-0.1, -0.05) is 12.5 Å². The molecule has 2 heterocycles. The minimum atomic E-state index is -5.08. The third-order valence-corrected chi connectivity index (χ3v) is 5.70. The zero-order valence-corrected chi connectivity index (χ0v) is 16.4. The van der Waals surface area contributed by atoms with E-state index in [9.17, 15) is 13.2 Å². The second-order valence-corrected chi connectivity index (χ2v) is 7.75. The number of morpholine rings is 1. The Bertz CT molecular complexity index is 623. The number of carboxylic acids is 1. The molecule has 1 saturated carbocycles. The summed E-state index contributed by atoms with van der Waals surface area (Å²) in [7, 11) is 0. The number of nitrogens with zero attached hydrogens (tertiary/aromatic N) is 1. The van der Waals surface area contributed by atoms with E-state index in [1.54, 1.807) is 11.3 Å². The second-order valence-electron chi connectivity index (χ2n) is 6.97. The molecule has 2 fully saturated rings. The number of rotatable bonds is 6. The van der Waals surface area contributed by atoms with Crippen LogP contribution >= 0.6 is 11.3 Å². The second kappa shape index (κ2) is 10.4. The van der Waals surface area contributed by atoms with Crippen molar-refractivity contribution in [2.75, 3.05) is 32.9 Å². The van der Waals surface area contributed by atoms with E-state index in [-0.39, 0.29) is 5.60 Å². The first-order valence-corrected chi connectivity index (χ1v) is 10.1. The lowest BCUT2D eigenvalue weighted by Crippen LogP contribution is -2.54. The van der Waals surface area contributed by atoms with Crippen molar-refractivity contribution in [1.82, 2.24) is 4.90 Å². The Morgan fingerprint density at radius 3 is 2.89 bits per heavy atom. The number of halogens is 3. The number of carboxylic acid groups (broad SMARTS) is 1. The molecule has 1 spiro atoms. The summed E-state index contributed by atoms with van der Waals surface area (Å²) >= 11 is 1.78. The summed E-state index contributed by atoms with van der Waals surface area (Å²) in [5.41, 5.74) is 1.45. The summed E-state index contributed by atoms with van der Waals surface area (Å²) in [6.07, 6.45) is 0.402. The largest absolute Gasteiger partial charge is 0.490 e. The van der Waals surface area contributed by atoms with Gasteiger partial charge in [-0.2, -0.15) is 24.5 Å². The number of hydrogen-bond donors (Lipinski definition) is 1. The first kappa shape index (κ1) is 22.9. The van der Waals surface area contributed by atoms with E-state index in [0.717, 1.165) is 32.8 Å². The Morgan fingerprint density at radius 2 is 2.29 bits per heavy atom. The minimum absolute atomic E-state index is 0.0233. The molecular weight excluding hydrogens is 395 g/mol. The van der Waals surface area contributed by atoms with Gasteiger partial charge in [-0.05, 0) is 35.2 Å². The smallest absolute Gasteiger partial charge is 0.475 e. The highest BCUT2D eigenvalue weighted by Crippen LogP contribution is 2.41. The number of carbonyl (C=O) groups is 1. The third kappa shape index (κ3) is 6.58. The molecule has 2 atom stereocenters. The molecule has 9 heteroatoms. The van der Waals surface area contributed by atoms with E-state index in [4.69, 9.17) is 19.4 Å². The average molecular weight is 421 g/mol. The maximum Gasteiger partial charge on any atom is 0.490 e. The van der Waals surface area contributed by atoms with Crippen LogP contribution in [0.1, 0.15) is 24.8 Å². The van der Waals surface area contributed by atoms with Crippen molar-refractivity contribution in [1.29, 1.82) is 0 Å². The lowest BCUT2D eigenvalue weighted by atomic mass is 9.89. The van der Waals surface area contributed by atoms with Crippen molar-refractivity contribution in [2.45, 2.75) is 37.6 Å². The topological polar surface area (TPSA) is 59.0 Å². The van der Waals surface area contributed by atoms with Crippen LogP contribution in [0, 0.1) is 5.92 Å². The maximum atomic E-state index is 10.6. The number of ether oxygens (including phenoxy) is 2. The van der Waals surface area contributed by atoms with Gasteiger partial charge in [0.2, 0.25) is 0 Å². The molecule has 1 aromatic rings. The van der Waals surface area contributed by atoms with E-state index in [2.05, 4.69) is 28.3 Å². The van der Waals surface area contributed by atoms with Gasteiger partial charge in [0, 0.05) is 25.6 Å². The standard InChI is InChI=1S/C17H25NO2S.C2HF3O2/c1-2-8-19-12-16-4-3-6-17(16)14-18(7-9-20-17)11-15-5-10-21-13-15;3-2(4,5)1(6)7/h2,5,10,13,16H,1,3-4,6-9,11-12,14H2;(H,6,7)/t16-,17+;/m0./s1. The zero-order valence-electron chi connectivity index (χ0n) is 15.6.